The van der Waals surface area contributed by atoms with E-state index in [-0.39, 0.29) is 6.20 Å². The number of halogens is 6. The summed E-state index contributed by atoms with van der Waals surface area (Å²) in [7, 11) is 0. The molecule has 0 fully saturated rings. The molecule has 0 aromatic carbocycles. The van der Waals surface area contributed by atoms with Gasteiger partial charge in [-0.3, -0.25) is 0 Å². The van der Waals surface area contributed by atoms with Crippen LogP contribution in [-0.4, -0.2) is 11.3 Å². The quantitative estimate of drug-likeness (QED) is 0.793. The van der Waals surface area contributed by atoms with Gasteiger partial charge in [0.15, 0.2) is 0 Å². The second kappa shape index (κ2) is 5.12. The first-order valence-corrected chi connectivity index (χ1v) is 4.34. The van der Waals surface area contributed by atoms with Gasteiger partial charge in [0.25, 0.3) is 6.43 Å². The molecule has 0 aliphatic carbocycles. The maximum Gasteiger partial charge on any atom is 0.574 e. The maximum atomic E-state index is 13.4. The van der Waals surface area contributed by atoms with E-state index in [9.17, 15) is 26.3 Å². The minimum absolute atomic E-state index is 0.238. The van der Waals surface area contributed by atoms with E-state index in [1.807, 2.05) is 0 Å². The Morgan fingerprint density at radius 2 is 2.00 bits per heavy atom. The van der Waals surface area contributed by atoms with Crippen molar-refractivity contribution < 1.29 is 31.1 Å². The monoisotopic (exact) mass is 270 g/mol. The molecule has 0 spiro atoms. The predicted octanol–water partition coefficient (Wildman–Crippen LogP) is 3.12. The van der Waals surface area contributed by atoms with Crippen LogP contribution in [0, 0.1) is 17.1 Å². The highest BCUT2D eigenvalue weighted by Gasteiger charge is 2.34. The molecule has 0 N–H and O–H groups in total. The van der Waals surface area contributed by atoms with Crippen molar-refractivity contribution in [2.45, 2.75) is 19.2 Å². The van der Waals surface area contributed by atoms with E-state index in [0.717, 1.165) is 0 Å². The third-order valence-electron chi connectivity index (χ3n) is 1.80. The summed E-state index contributed by atoms with van der Waals surface area (Å²) in [4.78, 5) is 2.95. The number of hydrogen-bond acceptors (Lipinski definition) is 3. The van der Waals surface area contributed by atoms with E-state index in [2.05, 4.69) is 9.72 Å². The molecule has 0 aliphatic rings. The molecule has 0 amide bonds. The largest absolute Gasteiger partial charge is 0.574 e. The van der Waals surface area contributed by atoms with Crippen LogP contribution in [0.4, 0.5) is 26.3 Å². The van der Waals surface area contributed by atoms with Crippen LogP contribution in [0.1, 0.15) is 17.6 Å². The molecule has 0 atom stereocenters. The summed E-state index contributed by atoms with van der Waals surface area (Å²) >= 11 is 0. The molecule has 0 unspecified atom stereocenters. The molecule has 3 nitrogen and oxygen atoms in total. The Morgan fingerprint density at radius 3 is 2.44 bits per heavy atom. The van der Waals surface area contributed by atoms with Crippen molar-refractivity contribution in [1.82, 2.24) is 4.98 Å². The first kappa shape index (κ1) is 14.1. The second-order valence-corrected chi connectivity index (χ2v) is 2.99. The summed E-state index contributed by atoms with van der Waals surface area (Å²) in [6.07, 6.45) is -9.04. The Balaban J connectivity index is 3.28. The molecule has 18 heavy (non-hydrogen) atoms. The molecule has 1 heterocycles. The molecular weight excluding hydrogens is 266 g/mol. The van der Waals surface area contributed by atoms with Crippen molar-refractivity contribution in [3.63, 3.8) is 0 Å². The first-order valence-electron chi connectivity index (χ1n) is 4.34. The van der Waals surface area contributed by atoms with Gasteiger partial charge in [0, 0.05) is 6.20 Å². The van der Waals surface area contributed by atoms with Gasteiger partial charge in [-0.2, -0.15) is 5.26 Å². The fraction of sp³-hybridized carbons (Fsp3) is 0.333. The average Bonchev–Trinajstić information content (AvgIpc) is 2.21. The fourth-order valence-electron chi connectivity index (χ4n) is 1.11. The van der Waals surface area contributed by atoms with E-state index in [1.54, 1.807) is 0 Å². The lowest BCUT2D eigenvalue weighted by Gasteiger charge is -2.12. The lowest BCUT2D eigenvalue weighted by Crippen LogP contribution is -2.20. The van der Waals surface area contributed by atoms with Crippen molar-refractivity contribution in [2.24, 2.45) is 0 Å². The molecule has 98 valence electrons. The minimum Gasteiger partial charge on any atom is -0.387 e. The molecule has 9 heteroatoms. The molecular formula is C9H4F6N2O. The molecule has 0 saturated carbocycles. The van der Waals surface area contributed by atoms with Gasteiger partial charge in [0.1, 0.15) is 5.82 Å². The molecule has 0 aliphatic heterocycles. The highest BCUT2D eigenvalue weighted by atomic mass is 19.4. The Labute approximate surface area is 96.6 Å². The molecule has 0 bridgehead atoms. The minimum atomic E-state index is -5.16. The highest BCUT2D eigenvalue weighted by Crippen LogP contribution is 2.31. The van der Waals surface area contributed by atoms with Crippen molar-refractivity contribution in [2.75, 3.05) is 0 Å². The summed E-state index contributed by atoms with van der Waals surface area (Å²) in [5.74, 6) is -2.87. The zero-order valence-electron chi connectivity index (χ0n) is 8.43. The third-order valence-corrected chi connectivity index (χ3v) is 1.80. The van der Waals surface area contributed by atoms with E-state index in [0.29, 0.717) is 0 Å². The summed E-state index contributed by atoms with van der Waals surface area (Å²) in [6.45, 7) is 0. The van der Waals surface area contributed by atoms with Crippen LogP contribution >= 0.6 is 0 Å². The smallest absolute Gasteiger partial charge is 0.387 e. The number of pyridine rings is 1. The summed E-state index contributed by atoms with van der Waals surface area (Å²) in [5.41, 5.74) is -2.14. The van der Waals surface area contributed by atoms with Crippen LogP contribution in [0.15, 0.2) is 6.20 Å². The highest BCUT2D eigenvalue weighted by molar-refractivity contribution is 5.34. The van der Waals surface area contributed by atoms with Gasteiger partial charge in [-0.15, -0.1) is 13.2 Å². The van der Waals surface area contributed by atoms with Crippen LogP contribution in [0.25, 0.3) is 0 Å². The standard InChI is InChI=1S/C9H4F6N2O/c10-6-4(1-2-16)8(18-9(13,14)15)17-3-5(6)7(11)12/h3,7H,1H2. The third kappa shape index (κ3) is 3.26. The van der Waals surface area contributed by atoms with Gasteiger partial charge in [0.05, 0.1) is 23.6 Å². The van der Waals surface area contributed by atoms with Gasteiger partial charge in [0.2, 0.25) is 5.88 Å². The number of ether oxygens (including phenoxy) is 1. The number of nitrogens with zero attached hydrogens (tertiary/aromatic N) is 2. The van der Waals surface area contributed by atoms with Crippen molar-refractivity contribution in [3.05, 3.63) is 23.1 Å². The molecule has 0 saturated heterocycles. The van der Waals surface area contributed by atoms with Crippen LogP contribution in [0.2, 0.25) is 0 Å². The van der Waals surface area contributed by atoms with E-state index in [1.165, 1.54) is 6.07 Å². The van der Waals surface area contributed by atoms with E-state index >= 15 is 0 Å². The average molecular weight is 270 g/mol. The molecule has 1 aromatic heterocycles. The summed E-state index contributed by atoms with van der Waals surface area (Å²) in [5, 5.41) is 8.33. The lowest BCUT2D eigenvalue weighted by molar-refractivity contribution is -0.276. The SMILES string of the molecule is N#CCc1c(OC(F)(F)F)ncc(C(F)F)c1F. The molecule has 1 rings (SSSR count). The first-order chi connectivity index (χ1) is 8.26. The zero-order chi connectivity index (χ0) is 13.9. The van der Waals surface area contributed by atoms with Crippen molar-refractivity contribution >= 4 is 0 Å². The lowest BCUT2D eigenvalue weighted by atomic mass is 10.1. The Morgan fingerprint density at radius 1 is 1.39 bits per heavy atom. The fourth-order valence-corrected chi connectivity index (χ4v) is 1.11. The Kier molecular flexibility index (Phi) is 4.00. The van der Waals surface area contributed by atoms with Gasteiger partial charge < -0.3 is 4.74 Å². The number of rotatable bonds is 3. The Hall–Kier alpha value is -1.98. The Bertz CT molecular complexity index is 479. The number of alkyl halides is 5. The number of hydrogen-bond donors (Lipinski definition) is 0. The van der Waals surface area contributed by atoms with Crippen molar-refractivity contribution in [1.29, 1.82) is 5.26 Å². The van der Waals surface area contributed by atoms with Gasteiger partial charge in [-0.05, 0) is 0 Å². The molecule has 0 radical (unpaired) electrons. The number of aromatic nitrogens is 1. The van der Waals surface area contributed by atoms with E-state index in [4.69, 9.17) is 5.26 Å². The normalized spacial score (nSPS) is 11.4. The van der Waals surface area contributed by atoms with E-state index < -0.39 is 42.0 Å². The maximum absolute atomic E-state index is 13.4. The zero-order valence-corrected chi connectivity index (χ0v) is 8.43. The van der Waals surface area contributed by atoms with Crippen LogP contribution in [-0.2, 0) is 6.42 Å². The summed E-state index contributed by atoms with van der Waals surface area (Å²) in [6, 6.07) is 1.34. The van der Waals surface area contributed by atoms with Gasteiger partial charge in [-0.1, -0.05) is 0 Å². The molecule has 1 aromatic rings. The van der Waals surface area contributed by atoms with Gasteiger partial charge >= 0.3 is 6.36 Å². The topological polar surface area (TPSA) is 45.9 Å². The van der Waals surface area contributed by atoms with Crippen LogP contribution < -0.4 is 4.74 Å². The van der Waals surface area contributed by atoms with Crippen LogP contribution in [0.3, 0.4) is 0 Å². The van der Waals surface area contributed by atoms with Crippen LogP contribution in [0.5, 0.6) is 5.88 Å². The summed E-state index contributed by atoms with van der Waals surface area (Å²) < 4.78 is 77.2. The number of nitriles is 1. The second-order valence-electron chi connectivity index (χ2n) is 2.99. The van der Waals surface area contributed by atoms with Gasteiger partial charge in [-0.25, -0.2) is 18.2 Å². The van der Waals surface area contributed by atoms with Crippen molar-refractivity contribution in [3.8, 4) is 11.9 Å². The predicted molar refractivity (Wildman–Crippen MR) is 45.2 cm³/mol.